The highest BCUT2D eigenvalue weighted by atomic mass is 79.9. The molecule has 0 aliphatic heterocycles. The van der Waals surface area contributed by atoms with E-state index in [0.29, 0.717) is 12.6 Å². The number of hydrogen-bond acceptors (Lipinski definition) is 3. The van der Waals surface area contributed by atoms with Gasteiger partial charge in [0, 0.05) is 24.5 Å². The lowest BCUT2D eigenvalue weighted by molar-refractivity contribution is -0.129. The summed E-state index contributed by atoms with van der Waals surface area (Å²) in [4.78, 5) is 14.8. The molecule has 0 bridgehead atoms. The van der Waals surface area contributed by atoms with Crippen molar-refractivity contribution in [2.75, 3.05) is 20.1 Å². The van der Waals surface area contributed by atoms with Crippen LogP contribution in [0, 0.1) is 0 Å². The van der Waals surface area contributed by atoms with E-state index < -0.39 is 0 Å². The number of hydrogen-bond donors (Lipinski definition) is 1. The molecule has 1 aromatic rings. The zero-order valence-corrected chi connectivity index (χ0v) is 12.9. The lowest BCUT2D eigenvalue weighted by Gasteiger charge is -2.18. The number of likely N-dealkylation sites (N-methyl/N-ethyl adjacent to an activating group) is 1. The average molecular weight is 319 g/mol. The van der Waals surface area contributed by atoms with E-state index in [1.165, 1.54) is 4.88 Å². The number of amides is 1. The van der Waals surface area contributed by atoms with Gasteiger partial charge in [0.2, 0.25) is 5.91 Å². The Morgan fingerprint density at radius 1 is 1.53 bits per heavy atom. The van der Waals surface area contributed by atoms with E-state index >= 15 is 0 Å². The van der Waals surface area contributed by atoms with Crippen LogP contribution in [-0.2, 0) is 11.2 Å². The van der Waals surface area contributed by atoms with Crippen molar-refractivity contribution in [3.05, 3.63) is 20.8 Å². The smallest absolute Gasteiger partial charge is 0.236 e. The van der Waals surface area contributed by atoms with Gasteiger partial charge in [0.25, 0.3) is 0 Å². The number of carbonyl (C=O) groups excluding carboxylic acids is 1. The number of carbonyl (C=O) groups is 1. The summed E-state index contributed by atoms with van der Waals surface area (Å²) in [6, 6.07) is 4.49. The summed E-state index contributed by atoms with van der Waals surface area (Å²) in [6.07, 6.45) is 0.917. The second-order valence-corrected chi connectivity index (χ2v) is 6.85. The Bertz CT molecular complexity index is 365. The van der Waals surface area contributed by atoms with Crippen molar-refractivity contribution in [3.8, 4) is 0 Å². The van der Waals surface area contributed by atoms with Crippen LogP contribution in [-0.4, -0.2) is 37.0 Å². The fraction of sp³-hybridized carbons (Fsp3) is 0.583. The van der Waals surface area contributed by atoms with Gasteiger partial charge in [-0.2, -0.15) is 0 Å². The van der Waals surface area contributed by atoms with Crippen LogP contribution in [0.1, 0.15) is 18.7 Å². The lowest BCUT2D eigenvalue weighted by Crippen LogP contribution is -2.38. The van der Waals surface area contributed by atoms with Crippen LogP contribution >= 0.6 is 27.3 Å². The molecule has 17 heavy (non-hydrogen) atoms. The molecule has 3 nitrogen and oxygen atoms in total. The standard InChI is InChI=1S/C12H19BrN2OS/c1-9(2)14-8-12(16)15(3)7-6-10-4-5-11(13)17-10/h4-5,9,14H,6-8H2,1-3H3. The minimum atomic E-state index is 0.148. The second kappa shape index (κ2) is 7.13. The Morgan fingerprint density at radius 2 is 2.24 bits per heavy atom. The topological polar surface area (TPSA) is 32.3 Å². The molecule has 1 rings (SSSR count). The molecule has 0 atom stereocenters. The highest BCUT2D eigenvalue weighted by molar-refractivity contribution is 9.11. The third kappa shape index (κ3) is 5.66. The number of rotatable bonds is 6. The minimum absolute atomic E-state index is 0.148. The van der Waals surface area contributed by atoms with Gasteiger partial charge >= 0.3 is 0 Å². The van der Waals surface area contributed by atoms with Crippen LogP contribution in [0.25, 0.3) is 0 Å². The molecule has 0 saturated carbocycles. The molecule has 0 saturated heterocycles. The predicted molar refractivity (Wildman–Crippen MR) is 76.5 cm³/mol. The molecule has 0 spiro atoms. The third-order valence-electron chi connectivity index (χ3n) is 2.41. The quantitative estimate of drug-likeness (QED) is 0.874. The maximum absolute atomic E-state index is 11.7. The molecule has 0 unspecified atom stereocenters. The van der Waals surface area contributed by atoms with Crippen molar-refractivity contribution in [3.63, 3.8) is 0 Å². The van der Waals surface area contributed by atoms with Gasteiger partial charge in [0.05, 0.1) is 10.3 Å². The van der Waals surface area contributed by atoms with Crippen LogP contribution in [0.2, 0.25) is 0 Å². The van der Waals surface area contributed by atoms with Crippen molar-refractivity contribution in [1.82, 2.24) is 10.2 Å². The van der Waals surface area contributed by atoms with Gasteiger partial charge in [-0.15, -0.1) is 11.3 Å². The average Bonchev–Trinajstić information content (AvgIpc) is 2.68. The van der Waals surface area contributed by atoms with Crippen molar-refractivity contribution in [2.45, 2.75) is 26.3 Å². The molecule has 0 aliphatic carbocycles. The van der Waals surface area contributed by atoms with Gasteiger partial charge in [-0.05, 0) is 34.5 Å². The Morgan fingerprint density at radius 3 is 2.76 bits per heavy atom. The van der Waals surface area contributed by atoms with Gasteiger partial charge in [0.1, 0.15) is 0 Å². The predicted octanol–water partition coefficient (Wildman–Crippen LogP) is 2.51. The van der Waals surface area contributed by atoms with E-state index in [-0.39, 0.29) is 5.91 Å². The Kier molecular flexibility index (Phi) is 6.16. The first kappa shape index (κ1) is 14.7. The third-order valence-corrected chi connectivity index (χ3v) is 4.09. The Hall–Kier alpha value is -0.390. The van der Waals surface area contributed by atoms with Crippen molar-refractivity contribution in [1.29, 1.82) is 0 Å². The summed E-state index contributed by atoms with van der Waals surface area (Å²) in [7, 11) is 1.85. The first-order valence-corrected chi connectivity index (χ1v) is 7.31. The molecular weight excluding hydrogens is 300 g/mol. The molecular formula is C12H19BrN2OS. The zero-order valence-electron chi connectivity index (χ0n) is 10.5. The summed E-state index contributed by atoms with van der Waals surface area (Å²) in [5, 5.41) is 3.13. The zero-order chi connectivity index (χ0) is 12.8. The fourth-order valence-electron chi connectivity index (χ4n) is 1.32. The van der Waals surface area contributed by atoms with Crippen LogP contribution in [0.15, 0.2) is 15.9 Å². The van der Waals surface area contributed by atoms with E-state index in [1.807, 2.05) is 27.0 Å². The molecule has 1 N–H and O–H groups in total. The van der Waals surface area contributed by atoms with E-state index in [9.17, 15) is 4.79 Å². The minimum Gasteiger partial charge on any atom is -0.344 e. The number of thiophene rings is 1. The van der Waals surface area contributed by atoms with Gasteiger partial charge in [-0.25, -0.2) is 0 Å². The van der Waals surface area contributed by atoms with Crippen LogP contribution in [0.5, 0.6) is 0 Å². The van der Waals surface area contributed by atoms with E-state index in [1.54, 1.807) is 16.2 Å². The molecule has 5 heteroatoms. The molecule has 96 valence electrons. The Balaban J connectivity index is 2.29. The highest BCUT2D eigenvalue weighted by Crippen LogP contribution is 2.22. The highest BCUT2D eigenvalue weighted by Gasteiger charge is 2.09. The van der Waals surface area contributed by atoms with E-state index in [4.69, 9.17) is 0 Å². The molecule has 1 heterocycles. The number of halogens is 1. The van der Waals surface area contributed by atoms with E-state index in [0.717, 1.165) is 16.8 Å². The summed E-state index contributed by atoms with van der Waals surface area (Å²) < 4.78 is 1.14. The summed E-state index contributed by atoms with van der Waals surface area (Å²) in [5.74, 6) is 0.148. The molecule has 0 fully saturated rings. The van der Waals surface area contributed by atoms with Gasteiger partial charge in [-0.1, -0.05) is 13.8 Å². The van der Waals surface area contributed by atoms with Gasteiger partial charge in [-0.3, -0.25) is 4.79 Å². The molecule has 1 amide bonds. The largest absolute Gasteiger partial charge is 0.344 e. The normalized spacial score (nSPS) is 10.9. The van der Waals surface area contributed by atoms with Crippen LogP contribution in [0.4, 0.5) is 0 Å². The summed E-state index contributed by atoms with van der Waals surface area (Å²) >= 11 is 5.16. The van der Waals surface area contributed by atoms with Crippen molar-refractivity contribution in [2.24, 2.45) is 0 Å². The maximum Gasteiger partial charge on any atom is 0.236 e. The van der Waals surface area contributed by atoms with Gasteiger partial charge in [0.15, 0.2) is 0 Å². The van der Waals surface area contributed by atoms with Gasteiger partial charge < -0.3 is 10.2 Å². The number of nitrogens with one attached hydrogen (secondary N) is 1. The first-order valence-electron chi connectivity index (χ1n) is 5.70. The monoisotopic (exact) mass is 318 g/mol. The molecule has 1 aromatic heterocycles. The first-order chi connectivity index (χ1) is 7.99. The maximum atomic E-state index is 11.7. The molecule has 0 aromatic carbocycles. The second-order valence-electron chi connectivity index (χ2n) is 4.31. The molecule has 0 aliphatic rings. The van der Waals surface area contributed by atoms with Crippen molar-refractivity contribution >= 4 is 33.2 Å². The van der Waals surface area contributed by atoms with Crippen molar-refractivity contribution < 1.29 is 4.79 Å². The Labute approximate surface area is 115 Å². The number of nitrogens with zero attached hydrogens (tertiary/aromatic N) is 1. The van der Waals surface area contributed by atoms with Crippen LogP contribution < -0.4 is 5.32 Å². The fourth-order valence-corrected chi connectivity index (χ4v) is 2.79. The summed E-state index contributed by atoms with van der Waals surface area (Å²) in [6.45, 7) is 5.26. The molecule has 0 radical (unpaired) electrons. The van der Waals surface area contributed by atoms with E-state index in [2.05, 4.69) is 27.3 Å². The van der Waals surface area contributed by atoms with Crippen LogP contribution in [0.3, 0.4) is 0 Å². The summed E-state index contributed by atoms with van der Waals surface area (Å²) in [5.41, 5.74) is 0. The lowest BCUT2D eigenvalue weighted by atomic mass is 10.3. The SMILES string of the molecule is CC(C)NCC(=O)N(C)CCc1ccc(Br)s1.